The largest absolute Gasteiger partial charge is 0.351 e. The molecular formula is C11H16N4OS. The van der Waals surface area contributed by atoms with Gasteiger partial charge >= 0.3 is 0 Å². The fourth-order valence-electron chi connectivity index (χ4n) is 1.49. The van der Waals surface area contributed by atoms with Gasteiger partial charge in [0.25, 0.3) is 5.91 Å². The Morgan fingerprint density at radius 1 is 1.47 bits per heavy atom. The van der Waals surface area contributed by atoms with Crippen LogP contribution < -0.4 is 10.6 Å². The maximum absolute atomic E-state index is 11.8. The molecule has 1 aromatic rings. The van der Waals surface area contributed by atoms with Crippen molar-refractivity contribution in [2.75, 3.05) is 0 Å². The van der Waals surface area contributed by atoms with Crippen LogP contribution in [0.5, 0.6) is 0 Å². The molecule has 1 unspecified atom stereocenters. The van der Waals surface area contributed by atoms with E-state index in [1.165, 1.54) is 11.3 Å². The number of aromatic nitrogens is 1. The number of rotatable bonds is 1. The minimum atomic E-state index is -0.501. The number of amides is 1. The zero-order valence-corrected chi connectivity index (χ0v) is 11.2. The number of nitrogens with zero attached hydrogens (tertiary/aromatic N) is 2. The van der Waals surface area contributed by atoms with Crippen molar-refractivity contribution in [3.05, 3.63) is 16.1 Å². The van der Waals surface area contributed by atoms with E-state index in [0.29, 0.717) is 5.96 Å². The zero-order valence-electron chi connectivity index (χ0n) is 10.4. The topological polar surface area (TPSA) is 66.4 Å². The maximum atomic E-state index is 11.8. The van der Waals surface area contributed by atoms with E-state index in [2.05, 4.69) is 20.6 Å². The Morgan fingerprint density at radius 3 is 2.71 bits per heavy atom. The number of thiazole rings is 1. The van der Waals surface area contributed by atoms with Crippen LogP contribution in [0.1, 0.15) is 37.5 Å². The summed E-state index contributed by atoms with van der Waals surface area (Å²) in [6, 6.07) is -0.501. The predicted octanol–water partition coefficient (Wildman–Crippen LogP) is 1.37. The summed E-state index contributed by atoms with van der Waals surface area (Å²) in [6.45, 7) is 7.96. The molecule has 17 heavy (non-hydrogen) atoms. The Balaban J connectivity index is 2.17. The molecule has 0 saturated heterocycles. The van der Waals surface area contributed by atoms with Gasteiger partial charge in [0.15, 0.2) is 12.0 Å². The van der Waals surface area contributed by atoms with E-state index >= 15 is 0 Å². The smallest absolute Gasteiger partial charge is 0.258 e. The average Bonchev–Trinajstić information content (AvgIpc) is 2.70. The number of carbonyl (C=O) groups is 1. The number of aliphatic imine (C=N–C) groups is 1. The van der Waals surface area contributed by atoms with E-state index in [4.69, 9.17) is 0 Å². The van der Waals surface area contributed by atoms with Crippen molar-refractivity contribution in [2.45, 2.75) is 39.3 Å². The summed E-state index contributed by atoms with van der Waals surface area (Å²) in [5, 5.41) is 8.55. The van der Waals surface area contributed by atoms with E-state index in [9.17, 15) is 4.79 Å². The van der Waals surface area contributed by atoms with E-state index in [1.807, 2.05) is 33.1 Å². The van der Waals surface area contributed by atoms with Crippen LogP contribution in [0, 0.1) is 6.92 Å². The van der Waals surface area contributed by atoms with Gasteiger partial charge in [-0.1, -0.05) is 0 Å². The molecule has 0 spiro atoms. The molecule has 0 fully saturated rings. The zero-order chi connectivity index (χ0) is 12.6. The Kier molecular flexibility index (Phi) is 2.91. The number of hydrogen-bond acceptors (Lipinski definition) is 5. The van der Waals surface area contributed by atoms with Gasteiger partial charge in [-0.2, -0.15) is 0 Å². The molecular weight excluding hydrogens is 236 g/mol. The second-order valence-corrected chi connectivity index (χ2v) is 5.96. The quantitative estimate of drug-likeness (QED) is 0.793. The highest BCUT2D eigenvalue weighted by Gasteiger charge is 2.31. The minimum Gasteiger partial charge on any atom is -0.351 e. The molecule has 2 heterocycles. The highest BCUT2D eigenvalue weighted by molar-refractivity contribution is 7.09. The fourth-order valence-corrected chi connectivity index (χ4v) is 2.32. The van der Waals surface area contributed by atoms with E-state index in [1.54, 1.807) is 0 Å². The molecule has 1 amide bonds. The van der Waals surface area contributed by atoms with Crippen LogP contribution in [-0.2, 0) is 4.79 Å². The standard InChI is InChI=1S/C11H16N4OS/c1-6-5-17-9(12-6)7-8(16)14-10(13-7)15-11(2,3)4/h5,7H,1-4H3,(H2,13,14,15,16). The number of carbonyl (C=O) groups excluding carboxylic acids is 1. The normalized spacial score (nSPS) is 20.1. The van der Waals surface area contributed by atoms with Crippen molar-refractivity contribution in [3.8, 4) is 0 Å². The van der Waals surface area contributed by atoms with Crippen LogP contribution >= 0.6 is 11.3 Å². The molecule has 1 aliphatic rings. The highest BCUT2D eigenvalue weighted by atomic mass is 32.1. The lowest BCUT2D eigenvalue weighted by Crippen LogP contribution is -2.46. The summed E-state index contributed by atoms with van der Waals surface area (Å²) < 4.78 is 0. The Labute approximate surface area is 104 Å². The van der Waals surface area contributed by atoms with Gasteiger partial charge in [0.1, 0.15) is 5.01 Å². The maximum Gasteiger partial charge on any atom is 0.258 e. The van der Waals surface area contributed by atoms with Gasteiger partial charge in [-0.05, 0) is 27.7 Å². The lowest BCUT2D eigenvalue weighted by molar-refractivity contribution is -0.120. The summed E-state index contributed by atoms with van der Waals surface area (Å²) in [5.41, 5.74) is 0.796. The van der Waals surface area contributed by atoms with Gasteiger partial charge in [0.2, 0.25) is 0 Å². The fraction of sp³-hybridized carbons (Fsp3) is 0.545. The monoisotopic (exact) mass is 252 g/mol. The molecule has 0 radical (unpaired) electrons. The molecule has 2 N–H and O–H groups in total. The lowest BCUT2D eigenvalue weighted by atomic mass is 10.1. The second kappa shape index (κ2) is 4.10. The van der Waals surface area contributed by atoms with Gasteiger partial charge in [-0.15, -0.1) is 11.3 Å². The third-order valence-electron chi connectivity index (χ3n) is 2.11. The summed E-state index contributed by atoms with van der Waals surface area (Å²) >= 11 is 1.46. The van der Waals surface area contributed by atoms with E-state index in [0.717, 1.165) is 10.7 Å². The molecule has 5 nitrogen and oxygen atoms in total. The van der Waals surface area contributed by atoms with Crippen molar-refractivity contribution in [3.63, 3.8) is 0 Å². The second-order valence-electron chi connectivity index (χ2n) is 5.07. The lowest BCUT2D eigenvalue weighted by Gasteiger charge is -2.21. The van der Waals surface area contributed by atoms with Crippen molar-refractivity contribution in [1.82, 2.24) is 15.6 Å². The summed E-state index contributed by atoms with van der Waals surface area (Å²) in [6.07, 6.45) is 0. The minimum absolute atomic E-state index is 0.119. The molecule has 0 saturated carbocycles. The average molecular weight is 252 g/mol. The first kappa shape index (κ1) is 12.0. The predicted molar refractivity (Wildman–Crippen MR) is 68.1 cm³/mol. The van der Waals surface area contributed by atoms with Crippen LogP contribution in [-0.4, -0.2) is 22.4 Å². The first-order valence-corrected chi connectivity index (χ1v) is 6.32. The van der Waals surface area contributed by atoms with Gasteiger partial charge < -0.3 is 5.32 Å². The number of hydrogen-bond donors (Lipinski definition) is 2. The molecule has 1 atom stereocenters. The Bertz CT molecular complexity index is 472. The molecule has 1 aliphatic heterocycles. The van der Waals surface area contributed by atoms with Crippen LogP contribution in [0.3, 0.4) is 0 Å². The molecule has 0 bridgehead atoms. The summed E-state index contributed by atoms with van der Waals surface area (Å²) in [4.78, 5) is 20.4. The third-order valence-corrected chi connectivity index (χ3v) is 3.13. The number of nitrogens with one attached hydrogen (secondary N) is 2. The van der Waals surface area contributed by atoms with Crippen LogP contribution in [0.25, 0.3) is 0 Å². The van der Waals surface area contributed by atoms with Crippen molar-refractivity contribution >= 4 is 23.2 Å². The third kappa shape index (κ3) is 2.82. The molecule has 2 rings (SSSR count). The van der Waals surface area contributed by atoms with Crippen LogP contribution in [0.15, 0.2) is 10.4 Å². The van der Waals surface area contributed by atoms with Crippen molar-refractivity contribution in [2.24, 2.45) is 4.99 Å². The Hall–Kier alpha value is -1.43. The number of guanidine groups is 1. The summed E-state index contributed by atoms with van der Waals surface area (Å²) in [7, 11) is 0. The van der Waals surface area contributed by atoms with Crippen LogP contribution in [0.4, 0.5) is 0 Å². The van der Waals surface area contributed by atoms with Gasteiger partial charge in [0, 0.05) is 16.6 Å². The molecule has 92 valence electrons. The van der Waals surface area contributed by atoms with Gasteiger partial charge in [-0.3, -0.25) is 10.1 Å². The first-order chi connectivity index (χ1) is 7.85. The van der Waals surface area contributed by atoms with Crippen molar-refractivity contribution < 1.29 is 4.79 Å². The number of aryl methyl sites for hydroxylation is 1. The molecule has 6 heteroatoms. The Morgan fingerprint density at radius 2 is 2.18 bits per heavy atom. The molecule has 0 aromatic carbocycles. The molecule has 1 aromatic heterocycles. The van der Waals surface area contributed by atoms with Crippen molar-refractivity contribution in [1.29, 1.82) is 0 Å². The molecule has 0 aliphatic carbocycles. The van der Waals surface area contributed by atoms with Gasteiger partial charge in [0.05, 0.1) is 0 Å². The van der Waals surface area contributed by atoms with E-state index < -0.39 is 6.04 Å². The first-order valence-electron chi connectivity index (χ1n) is 5.44. The SMILES string of the molecule is Cc1csc(C2N=C(NC(C)(C)C)NC2=O)n1. The highest BCUT2D eigenvalue weighted by Crippen LogP contribution is 2.24. The van der Waals surface area contributed by atoms with E-state index in [-0.39, 0.29) is 11.4 Å². The van der Waals surface area contributed by atoms with Crippen LogP contribution in [0.2, 0.25) is 0 Å². The summed E-state index contributed by atoms with van der Waals surface area (Å²) in [5.74, 6) is 0.409. The van der Waals surface area contributed by atoms with Gasteiger partial charge in [-0.25, -0.2) is 9.98 Å².